The lowest BCUT2D eigenvalue weighted by molar-refractivity contribution is -0.168. The van der Waals surface area contributed by atoms with Crippen molar-refractivity contribution in [2.24, 2.45) is 11.8 Å². The van der Waals surface area contributed by atoms with E-state index in [0.29, 0.717) is 5.92 Å². The predicted octanol–water partition coefficient (Wildman–Crippen LogP) is 6.83. The molecule has 1 aliphatic rings. The van der Waals surface area contributed by atoms with Crippen LogP contribution in [0, 0.1) is 11.8 Å². The lowest BCUT2D eigenvalue weighted by Crippen LogP contribution is -2.39. The van der Waals surface area contributed by atoms with Crippen LogP contribution in [0.1, 0.15) is 105 Å². The molecular weight excluding hydrogens is 296 g/mol. The number of hydrogen-bond donors (Lipinski definition) is 0. The van der Waals surface area contributed by atoms with E-state index in [1.54, 1.807) is 0 Å². The highest BCUT2D eigenvalue weighted by Crippen LogP contribution is 2.35. The summed E-state index contributed by atoms with van der Waals surface area (Å²) in [7, 11) is 0. The monoisotopic (exact) mass is 336 g/mol. The Labute approximate surface area is 150 Å². The Morgan fingerprint density at radius 2 is 1.71 bits per heavy atom. The molecule has 24 heavy (non-hydrogen) atoms. The van der Waals surface area contributed by atoms with Gasteiger partial charge in [0.1, 0.15) is 5.60 Å². The Morgan fingerprint density at radius 1 is 1.04 bits per heavy atom. The molecule has 0 aliphatic heterocycles. The van der Waals surface area contributed by atoms with Gasteiger partial charge >= 0.3 is 5.97 Å². The lowest BCUT2D eigenvalue weighted by atomic mass is 9.78. The van der Waals surface area contributed by atoms with E-state index in [-0.39, 0.29) is 17.5 Å². The zero-order valence-corrected chi connectivity index (χ0v) is 16.6. The molecule has 0 amide bonds. The maximum absolute atomic E-state index is 12.7. The molecule has 0 spiro atoms. The SMILES string of the molecule is CCC/C=C/CCCC(CCC)C(=O)OC(C)(C)C1CCCCC1. The second-order valence-corrected chi connectivity index (χ2v) is 8.04. The average Bonchev–Trinajstić information content (AvgIpc) is 2.57. The smallest absolute Gasteiger partial charge is 0.309 e. The second kappa shape index (κ2) is 11.7. The first-order chi connectivity index (χ1) is 11.5. The minimum Gasteiger partial charge on any atom is -0.459 e. The van der Waals surface area contributed by atoms with Gasteiger partial charge in [-0.1, -0.05) is 58.1 Å². The van der Waals surface area contributed by atoms with E-state index in [9.17, 15) is 4.79 Å². The highest BCUT2D eigenvalue weighted by molar-refractivity contribution is 5.72. The van der Waals surface area contributed by atoms with E-state index < -0.39 is 0 Å². The van der Waals surface area contributed by atoms with Crippen LogP contribution >= 0.6 is 0 Å². The van der Waals surface area contributed by atoms with Crippen molar-refractivity contribution in [1.82, 2.24) is 0 Å². The molecule has 1 atom stereocenters. The lowest BCUT2D eigenvalue weighted by Gasteiger charge is -2.37. The Balaban J connectivity index is 2.46. The fourth-order valence-corrected chi connectivity index (χ4v) is 3.84. The van der Waals surface area contributed by atoms with E-state index in [1.165, 1.54) is 38.5 Å². The molecule has 1 unspecified atom stereocenters. The van der Waals surface area contributed by atoms with Gasteiger partial charge in [-0.05, 0) is 64.7 Å². The van der Waals surface area contributed by atoms with Crippen LogP contribution in [0.15, 0.2) is 12.2 Å². The Kier molecular flexibility index (Phi) is 10.4. The number of unbranched alkanes of at least 4 members (excludes halogenated alkanes) is 2. The van der Waals surface area contributed by atoms with Gasteiger partial charge in [-0.15, -0.1) is 0 Å². The van der Waals surface area contributed by atoms with Crippen LogP contribution in [-0.2, 0) is 9.53 Å². The summed E-state index contributed by atoms with van der Waals surface area (Å²) in [5.74, 6) is 0.664. The van der Waals surface area contributed by atoms with Crippen molar-refractivity contribution in [2.45, 2.75) is 110 Å². The number of allylic oxidation sites excluding steroid dienone is 2. The number of hydrogen-bond acceptors (Lipinski definition) is 2. The van der Waals surface area contributed by atoms with Gasteiger partial charge in [0.25, 0.3) is 0 Å². The standard InChI is InChI=1S/C22H40O2/c1-5-7-8-9-10-12-16-19(15-6-2)21(23)24-22(3,4)20-17-13-11-14-18-20/h8-9,19-20H,5-7,10-18H2,1-4H3/b9-8+. The van der Waals surface area contributed by atoms with Crippen LogP contribution in [-0.4, -0.2) is 11.6 Å². The molecular formula is C22H40O2. The Bertz CT molecular complexity index is 364. The van der Waals surface area contributed by atoms with E-state index >= 15 is 0 Å². The molecule has 0 aromatic rings. The molecule has 1 rings (SSSR count). The summed E-state index contributed by atoms with van der Waals surface area (Å²) in [5, 5.41) is 0. The van der Waals surface area contributed by atoms with Crippen molar-refractivity contribution >= 4 is 5.97 Å². The van der Waals surface area contributed by atoms with Crippen molar-refractivity contribution in [2.75, 3.05) is 0 Å². The summed E-state index contributed by atoms with van der Waals surface area (Å²) in [6, 6.07) is 0. The van der Waals surface area contributed by atoms with Gasteiger partial charge in [0.15, 0.2) is 0 Å². The normalized spacial score (nSPS) is 18.0. The van der Waals surface area contributed by atoms with Gasteiger partial charge in [0.2, 0.25) is 0 Å². The van der Waals surface area contributed by atoms with Crippen molar-refractivity contribution in [3.63, 3.8) is 0 Å². The third-order valence-corrected chi connectivity index (χ3v) is 5.47. The quantitative estimate of drug-likeness (QED) is 0.235. The molecule has 140 valence electrons. The van der Waals surface area contributed by atoms with Crippen LogP contribution < -0.4 is 0 Å². The zero-order chi connectivity index (χ0) is 17.8. The molecule has 0 saturated heterocycles. The average molecular weight is 337 g/mol. The van der Waals surface area contributed by atoms with Gasteiger partial charge in [-0.25, -0.2) is 0 Å². The van der Waals surface area contributed by atoms with Crippen LogP contribution in [0.4, 0.5) is 0 Å². The van der Waals surface area contributed by atoms with Gasteiger partial charge in [-0.2, -0.15) is 0 Å². The maximum Gasteiger partial charge on any atom is 0.309 e. The first-order valence-electron chi connectivity index (χ1n) is 10.4. The van der Waals surface area contributed by atoms with Crippen molar-refractivity contribution in [1.29, 1.82) is 0 Å². The fourth-order valence-electron chi connectivity index (χ4n) is 3.84. The number of esters is 1. The highest BCUT2D eigenvalue weighted by atomic mass is 16.6. The van der Waals surface area contributed by atoms with Crippen LogP contribution in [0.25, 0.3) is 0 Å². The zero-order valence-electron chi connectivity index (χ0n) is 16.6. The van der Waals surface area contributed by atoms with Crippen LogP contribution in [0.5, 0.6) is 0 Å². The highest BCUT2D eigenvalue weighted by Gasteiger charge is 2.35. The summed E-state index contributed by atoms with van der Waals surface area (Å²) in [4.78, 5) is 12.7. The summed E-state index contributed by atoms with van der Waals surface area (Å²) < 4.78 is 6.03. The first-order valence-corrected chi connectivity index (χ1v) is 10.4. The topological polar surface area (TPSA) is 26.3 Å². The Hall–Kier alpha value is -0.790. The van der Waals surface area contributed by atoms with Crippen LogP contribution in [0.2, 0.25) is 0 Å². The maximum atomic E-state index is 12.7. The third kappa shape index (κ3) is 7.85. The molecule has 1 saturated carbocycles. The van der Waals surface area contributed by atoms with Gasteiger partial charge in [-0.3, -0.25) is 4.79 Å². The van der Waals surface area contributed by atoms with E-state index in [1.807, 2.05) is 0 Å². The molecule has 0 heterocycles. The number of carbonyl (C=O) groups excluding carboxylic acids is 1. The summed E-state index contributed by atoms with van der Waals surface area (Å²) in [6.45, 7) is 8.61. The largest absolute Gasteiger partial charge is 0.459 e. The first kappa shape index (κ1) is 21.3. The van der Waals surface area contributed by atoms with Crippen molar-refractivity contribution < 1.29 is 9.53 Å². The van der Waals surface area contributed by atoms with E-state index in [2.05, 4.69) is 39.8 Å². The van der Waals surface area contributed by atoms with E-state index in [4.69, 9.17) is 4.74 Å². The summed E-state index contributed by atoms with van der Waals surface area (Å²) >= 11 is 0. The van der Waals surface area contributed by atoms with Gasteiger partial charge < -0.3 is 4.74 Å². The van der Waals surface area contributed by atoms with Crippen LogP contribution in [0.3, 0.4) is 0 Å². The summed E-state index contributed by atoms with van der Waals surface area (Å²) in [5.41, 5.74) is -0.301. The van der Waals surface area contributed by atoms with Crippen molar-refractivity contribution in [3.8, 4) is 0 Å². The second-order valence-electron chi connectivity index (χ2n) is 8.04. The molecule has 0 radical (unpaired) electrons. The number of ether oxygens (including phenoxy) is 1. The van der Waals surface area contributed by atoms with Gasteiger partial charge in [0.05, 0.1) is 5.92 Å². The minimum atomic E-state index is -0.301. The molecule has 0 aromatic heterocycles. The van der Waals surface area contributed by atoms with E-state index in [0.717, 1.165) is 38.5 Å². The fraction of sp³-hybridized carbons (Fsp3) is 0.864. The molecule has 1 fully saturated rings. The Morgan fingerprint density at radius 3 is 2.33 bits per heavy atom. The van der Waals surface area contributed by atoms with Crippen molar-refractivity contribution in [3.05, 3.63) is 12.2 Å². The summed E-state index contributed by atoms with van der Waals surface area (Å²) in [6.07, 6.45) is 18.4. The van der Waals surface area contributed by atoms with Gasteiger partial charge in [0, 0.05) is 0 Å². The molecule has 0 aromatic carbocycles. The number of rotatable bonds is 11. The predicted molar refractivity (Wildman–Crippen MR) is 103 cm³/mol. The molecule has 1 aliphatic carbocycles. The minimum absolute atomic E-state index is 0.0463. The molecule has 2 nitrogen and oxygen atoms in total. The molecule has 0 N–H and O–H groups in total. The number of carbonyl (C=O) groups is 1. The molecule has 2 heteroatoms. The molecule has 0 bridgehead atoms. The third-order valence-electron chi connectivity index (χ3n) is 5.47.